The molecule has 1 aliphatic heterocycles. The molecule has 2 aliphatic rings. The van der Waals surface area contributed by atoms with E-state index in [2.05, 4.69) is 34.7 Å². The van der Waals surface area contributed by atoms with Crippen molar-refractivity contribution >= 4 is 17.4 Å². The molecule has 0 radical (unpaired) electrons. The molecule has 2 N–H and O–H groups in total. The standard InChI is InChI=1S/C25H32N4O6/c1-28-12-11-25(16-5-7-21(34-3)22(13-16)35-4)10-9-17(14-23(25)28)26-24(30)27-19-15-18(29(31)32)6-8-20(19)33-2/h5-8,13,15,17,23H,9-12,14H2,1-4H3,(H2,26,27,30)/t17-,23+,25-/m0/s1. The van der Waals surface area contributed by atoms with E-state index in [1.165, 1.54) is 30.9 Å². The van der Waals surface area contributed by atoms with Gasteiger partial charge in [0.25, 0.3) is 5.69 Å². The van der Waals surface area contributed by atoms with E-state index in [1.807, 2.05) is 6.07 Å². The number of likely N-dealkylation sites (N-methyl/N-ethyl adjacent to an activating group) is 1. The van der Waals surface area contributed by atoms with Gasteiger partial charge >= 0.3 is 6.03 Å². The van der Waals surface area contributed by atoms with Crippen LogP contribution in [0.25, 0.3) is 0 Å². The maximum absolute atomic E-state index is 12.8. The molecule has 1 saturated heterocycles. The van der Waals surface area contributed by atoms with E-state index in [-0.39, 0.29) is 28.9 Å². The number of methoxy groups -OCH3 is 3. The first-order valence-electron chi connectivity index (χ1n) is 11.6. The summed E-state index contributed by atoms with van der Waals surface area (Å²) in [6.45, 7) is 0.975. The lowest BCUT2D eigenvalue weighted by atomic mass is 9.65. The van der Waals surface area contributed by atoms with Crippen LogP contribution in [0.1, 0.15) is 31.2 Å². The summed E-state index contributed by atoms with van der Waals surface area (Å²) in [5.41, 5.74) is 1.35. The van der Waals surface area contributed by atoms with Gasteiger partial charge in [0, 0.05) is 29.6 Å². The molecule has 0 spiro atoms. The van der Waals surface area contributed by atoms with E-state index >= 15 is 0 Å². The van der Waals surface area contributed by atoms with Crippen LogP contribution in [0.5, 0.6) is 17.2 Å². The van der Waals surface area contributed by atoms with E-state index in [0.717, 1.165) is 38.0 Å². The lowest BCUT2D eigenvalue weighted by Crippen LogP contribution is -2.52. The molecular formula is C25H32N4O6. The van der Waals surface area contributed by atoms with Crippen molar-refractivity contribution in [3.05, 3.63) is 52.1 Å². The van der Waals surface area contributed by atoms with Gasteiger partial charge in [-0.3, -0.25) is 10.1 Å². The molecule has 2 amide bonds. The minimum atomic E-state index is -0.507. The summed E-state index contributed by atoms with van der Waals surface area (Å²) < 4.78 is 16.2. The fraction of sp³-hybridized carbons (Fsp3) is 0.480. The highest BCUT2D eigenvalue weighted by molar-refractivity contribution is 5.91. The summed E-state index contributed by atoms with van der Waals surface area (Å²) in [5.74, 6) is 1.79. The Bertz CT molecular complexity index is 1110. The van der Waals surface area contributed by atoms with Crippen LogP contribution in [-0.2, 0) is 5.41 Å². The van der Waals surface area contributed by atoms with Crippen molar-refractivity contribution in [1.29, 1.82) is 0 Å². The van der Waals surface area contributed by atoms with Gasteiger partial charge < -0.3 is 29.7 Å². The molecule has 0 unspecified atom stereocenters. The SMILES string of the molecule is COc1ccc([N+](=O)[O-])cc1NC(=O)N[C@H]1CC[C@@]2(c3ccc(OC)c(OC)c3)CCN(C)[C@@H]2C1. The number of nitro benzene ring substituents is 1. The number of nitro groups is 1. The predicted molar refractivity (Wildman–Crippen MR) is 132 cm³/mol. The lowest BCUT2D eigenvalue weighted by Gasteiger charge is -2.45. The number of carbonyl (C=O) groups is 1. The molecule has 10 heteroatoms. The fourth-order valence-corrected chi connectivity index (χ4v) is 5.65. The Morgan fingerprint density at radius 1 is 1.06 bits per heavy atom. The first kappa shape index (κ1) is 24.6. The van der Waals surface area contributed by atoms with Crippen molar-refractivity contribution in [2.75, 3.05) is 40.2 Å². The average Bonchev–Trinajstić information content (AvgIpc) is 3.20. The summed E-state index contributed by atoms with van der Waals surface area (Å²) in [4.78, 5) is 25.8. The van der Waals surface area contributed by atoms with Crippen LogP contribution in [-0.4, -0.2) is 62.9 Å². The van der Waals surface area contributed by atoms with Gasteiger partial charge in [0.1, 0.15) is 5.75 Å². The Kier molecular flexibility index (Phi) is 7.02. The molecule has 2 fully saturated rings. The molecule has 1 aliphatic carbocycles. The van der Waals surface area contributed by atoms with Crippen LogP contribution in [0.2, 0.25) is 0 Å². The highest BCUT2D eigenvalue weighted by atomic mass is 16.6. The first-order valence-corrected chi connectivity index (χ1v) is 11.6. The average molecular weight is 485 g/mol. The molecule has 35 heavy (non-hydrogen) atoms. The third-order valence-corrected chi connectivity index (χ3v) is 7.46. The third kappa shape index (κ3) is 4.70. The second kappa shape index (κ2) is 9.99. The van der Waals surface area contributed by atoms with E-state index in [9.17, 15) is 14.9 Å². The molecule has 1 saturated carbocycles. The number of urea groups is 1. The van der Waals surface area contributed by atoms with E-state index in [4.69, 9.17) is 14.2 Å². The third-order valence-electron chi connectivity index (χ3n) is 7.46. The fourth-order valence-electron chi connectivity index (χ4n) is 5.65. The minimum absolute atomic E-state index is 0.0216. The van der Waals surface area contributed by atoms with Gasteiger partial charge in [-0.1, -0.05) is 6.07 Å². The van der Waals surface area contributed by atoms with Crippen LogP contribution >= 0.6 is 0 Å². The highest BCUT2D eigenvalue weighted by Crippen LogP contribution is 2.49. The summed E-state index contributed by atoms with van der Waals surface area (Å²) in [6, 6.07) is 10.1. The number of carbonyl (C=O) groups excluding carboxylic acids is 1. The van der Waals surface area contributed by atoms with Crippen LogP contribution < -0.4 is 24.8 Å². The van der Waals surface area contributed by atoms with Gasteiger partial charge in [-0.05, 0) is 63.0 Å². The maximum Gasteiger partial charge on any atom is 0.319 e. The predicted octanol–water partition coefficient (Wildman–Crippen LogP) is 3.94. The highest BCUT2D eigenvalue weighted by Gasteiger charge is 2.50. The number of rotatable bonds is 7. The quantitative estimate of drug-likeness (QED) is 0.452. The Morgan fingerprint density at radius 3 is 2.46 bits per heavy atom. The van der Waals surface area contributed by atoms with E-state index in [1.54, 1.807) is 14.2 Å². The summed E-state index contributed by atoms with van der Waals surface area (Å²) >= 11 is 0. The van der Waals surface area contributed by atoms with Crippen molar-refractivity contribution in [2.45, 2.75) is 43.2 Å². The molecule has 2 aromatic rings. The Hall–Kier alpha value is -3.53. The summed E-state index contributed by atoms with van der Waals surface area (Å²) in [5, 5.41) is 16.9. The van der Waals surface area contributed by atoms with Gasteiger partial charge in [0.15, 0.2) is 11.5 Å². The maximum atomic E-state index is 12.8. The number of hydrogen-bond acceptors (Lipinski definition) is 7. The largest absolute Gasteiger partial charge is 0.495 e. The molecule has 0 bridgehead atoms. The topological polar surface area (TPSA) is 115 Å². The zero-order chi connectivity index (χ0) is 25.2. The number of hydrogen-bond donors (Lipinski definition) is 2. The number of likely N-dealkylation sites (tertiary alicyclic amines) is 1. The van der Waals surface area contributed by atoms with Crippen molar-refractivity contribution in [3.8, 4) is 17.2 Å². The number of nitrogens with zero attached hydrogens (tertiary/aromatic N) is 2. The second-order valence-electron chi connectivity index (χ2n) is 9.18. The molecule has 188 valence electrons. The van der Waals surface area contributed by atoms with Crippen LogP contribution in [0.15, 0.2) is 36.4 Å². The number of anilines is 1. The number of benzene rings is 2. The number of amides is 2. The Morgan fingerprint density at radius 2 is 1.77 bits per heavy atom. The number of nitrogens with one attached hydrogen (secondary N) is 2. The molecule has 3 atom stereocenters. The zero-order valence-corrected chi connectivity index (χ0v) is 20.5. The smallest absolute Gasteiger partial charge is 0.319 e. The Balaban J connectivity index is 1.49. The minimum Gasteiger partial charge on any atom is -0.495 e. The van der Waals surface area contributed by atoms with Gasteiger partial charge in [-0.2, -0.15) is 0 Å². The van der Waals surface area contributed by atoms with Crippen molar-refractivity contribution in [3.63, 3.8) is 0 Å². The van der Waals surface area contributed by atoms with Crippen molar-refractivity contribution < 1.29 is 23.9 Å². The van der Waals surface area contributed by atoms with Crippen molar-refractivity contribution in [1.82, 2.24) is 10.2 Å². The van der Waals surface area contributed by atoms with Gasteiger partial charge in [0.05, 0.1) is 31.9 Å². The molecular weight excluding hydrogens is 452 g/mol. The molecule has 10 nitrogen and oxygen atoms in total. The van der Waals surface area contributed by atoms with Crippen molar-refractivity contribution in [2.24, 2.45) is 0 Å². The summed E-state index contributed by atoms with van der Waals surface area (Å²) in [6.07, 6.45) is 3.57. The van der Waals surface area contributed by atoms with Crippen LogP contribution in [0.3, 0.4) is 0 Å². The summed E-state index contributed by atoms with van der Waals surface area (Å²) in [7, 11) is 6.86. The first-order chi connectivity index (χ1) is 16.8. The molecule has 1 heterocycles. The van der Waals surface area contributed by atoms with E-state index < -0.39 is 11.0 Å². The molecule has 2 aromatic carbocycles. The second-order valence-corrected chi connectivity index (χ2v) is 9.18. The Labute approximate surface area is 204 Å². The van der Waals surface area contributed by atoms with Crippen LogP contribution in [0.4, 0.5) is 16.2 Å². The number of non-ortho nitro benzene ring substituents is 1. The molecule has 0 aromatic heterocycles. The normalized spacial score (nSPS) is 23.8. The van der Waals surface area contributed by atoms with Crippen LogP contribution in [0, 0.1) is 10.1 Å². The van der Waals surface area contributed by atoms with Gasteiger partial charge in [-0.15, -0.1) is 0 Å². The molecule has 4 rings (SSSR count). The van der Waals surface area contributed by atoms with Gasteiger partial charge in [-0.25, -0.2) is 4.79 Å². The van der Waals surface area contributed by atoms with E-state index in [0.29, 0.717) is 11.5 Å². The number of fused-ring (bicyclic) bond motifs is 1. The number of ether oxygens (including phenoxy) is 3. The van der Waals surface area contributed by atoms with Gasteiger partial charge in [0.2, 0.25) is 0 Å². The zero-order valence-electron chi connectivity index (χ0n) is 20.5. The monoisotopic (exact) mass is 484 g/mol. The lowest BCUT2D eigenvalue weighted by molar-refractivity contribution is -0.384.